The van der Waals surface area contributed by atoms with E-state index >= 15 is 0 Å². The largest absolute Gasteiger partial charge is 0.497 e. The van der Waals surface area contributed by atoms with Gasteiger partial charge in [-0.05, 0) is 42.5 Å². The van der Waals surface area contributed by atoms with Crippen LogP contribution in [0.1, 0.15) is 23.4 Å². The molecule has 1 unspecified atom stereocenters. The van der Waals surface area contributed by atoms with Crippen molar-refractivity contribution in [3.63, 3.8) is 0 Å². The third-order valence-corrected chi connectivity index (χ3v) is 4.07. The number of aromatic nitrogens is 3. The first-order valence-electron chi connectivity index (χ1n) is 7.48. The van der Waals surface area contributed by atoms with Gasteiger partial charge in [0, 0.05) is 26.1 Å². The Hall–Kier alpha value is -1.88. The average Bonchev–Trinajstić information content (AvgIpc) is 2.92. The highest BCUT2D eigenvalue weighted by Crippen LogP contribution is 2.25. The zero-order chi connectivity index (χ0) is 14.7. The molecule has 5 heteroatoms. The second kappa shape index (κ2) is 6.26. The minimum Gasteiger partial charge on any atom is -0.497 e. The Labute approximate surface area is 125 Å². The average molecular weight is 286 g/mol. The van der Waals surface area contributed by atoms with Crippen molar-refractivity contribution >= 4 is 0 Å². The van der Waals surface area contributed by atoms with Gasteiger partial charge in [0.2, 0.25) is 0 Å². The lowest BCUT2D eigenvalue weighted by atomic mass is 9.88. The van der Waals surface area contributed by atoms with Crippen molar-refractivity contribution < 1.29 is 4.74 Å². The summed E-state index contributed by atoms with van der Waals surface area (Å²) in [4.78, 5) is 4.25. The van der Waals surface area contributed by atoms with E-state index in [1.807, 2.05) is 7.05 Å². The Balaban J connectivity index is 1.53. The van der Waals surface area contributed by atoms with E-state index in [0.29, 0.717) is 6.04 Å². The minimum atomic E-state index is 0.535. The number of hydrogen-bond acceptors (Lipinski definition) is 4. The molecule has 0 amide bonds. The van der Waals surface area contributed by atoms with Crippen molar-refractivity contribution in [2.24, 2.45) is 7.05 Å². The smallest absolute Gasteiger partial charge is 0.151 e. The Morgan fingerprint density at radius 2 is 2.29 bits per heavy atom. The maximum Gasteiger partial charge on any atom is 0.151 e. The SMILES string of the molecule is COc1ccc2c(c1)CC(NCCc1ncn(C)n1)CC2. The van der Waals surface area contributed by atoms with Gasteiger partial charge >= 0.3 is 0 Å². The van der Waals surface area contributed by atoms with Crippen LogP contribution in [0.4, 0.5) is 0 Å². The van der Waals surface area contributed by atoms with Gasteiger partial charge in [-0.3, -0.25) is 4.68 Å². The van der Waals surface area contributed by atoms with Gasteiger partial charge in [0.25, 0.3) is 0 Å². The second-order valence-corrected chi connectivity index (χ2v) is 5.61. The zero-order valence-electron chi connectivity index (χ0n) is 12.7. The summed E-state index contributed by atoms with van der Waals surface area (Å²) in [6.07, 6.45) is 6.02. The highest BCUT2D eigenvalue weighted by Gasteiger charge is 2.18. The number of aryl methyl sites for hydroxylation is 2. The van der Waals surface area contributed by atoms with Crippen LogP contribution >= 0.6 is 0 Å². The molecule has 0 radical (unpaired) electrons. The van der Waals surface area contributed by atoms with E-state index in [0.717, 1.165) is 37.4 Å². The van der Waals surface area contributed by atoms with Crippen LogP contribution < -0.4 is 10.1 Å². The summed E-state index contributed by atoms with van der Waals surface area (Å²) in [5.41, 5.74) is 2.87. The molecule has 112 valence electrons. The number of nitrogens with zero attached hydrogens (tertiary/aromatic N) is 3. The fourth-order valence-corrected chi connectivity index (χ4v) is 2.92. The number of hydrogen-bond donors (Lipinski definition) is 1. The van der Waals surface area contributed by atoms with Crippen LogP contribution in [0.3, 0.4) is 0 Å². The van der Waals surface area contributed by atoms with Crippen molar-refractivity contribution in [2.45, 2.75) is 31.7 Å². The second-order valence-electron chi connectivity index (χ2n) is 5.61. The molecule has 2 aromatic rings. The van der Waals surface area contributed by atoms with Crippen LogP contribution in [0, 0.1) is 0 Å². The third-order valence-electron chi connectivity index (χ3n) is 4.07. The van der Waals surface area contributed by atoms with Gasteiger partial charge in [-0.1, -0.05) is 6.07 Å². The van der Waals surface area contributed by atoms with Crippen LogP contribution in [-0.4, -0.2) is 34.5 Å². The maximum absolute atomic E-state index is 5.32. The summed E-state index contributed by atoms with van der Waals surface area (Å²) in [7, 11) is 3.62. The van der Waals surface area contributed by atoms with Crippen LogP contribution in [0.15, 0.2) is 24.5 Å². The first kappa shape index (κ1) is 14.1. The van der Waals surface area contributed by atoms with Gasteiger partial charge in [0.05, 0.1) is 7.11 Å². The number of rotatable bonds is 5. The molecule has 1 aliphatic carbocycles. The molecule has 1 aromatic heterocycles. The lowest BCUT2D eigenvalue weighted by Gasteiger charge is -2.25. The third kappa shape index (κ3) is 3.42. The topological polar surface area (TPSA) is 52.0 Å². The summed E-state index contributed by atoms with van der Waals surface area (Å²) in [5.74, 6) is 1.86. The summed E-state index contributed by atoms with van der Waals surface area (Å²) < 4.78 is 7.07. The molecule has 1 heterocycles. The molecule has 1 aromatic carbocycles. The zero-order valence-corrected chi connectivity index (χ0v) is 12.7. The van der Waals surface area contributed by atoms with Gasteiger partial charge in [0.1, 0.15) is 12.1 Å². The van der Waals surface area contributed by atoms with Gasteiger partial charge < -0.3 is 10.1 Å². The molecule has 0 aliphatic heterocycles. The number of benzene rings is 1. The predicted octanol–water partition coefficient (Wildman–Crippen LogP) is 1.51. The van der Waals surface area contributed by atoms with E-state index in [1.165, 1.54) is 17.5 Å². The van der Waals surface area contributed by atoms with Crippen LogP contribution in [-0.2, 0) is 26.3 Å². The highest BCUT2D eigenvalue weighted by atomic mass is 16.5. The monoisotopic (exact) mass is 286 g/mol. The highest BCUT2D eigenvalue weighted by molar-refractivity contribution is 5.37. The van der Waals surface area contributed by atoms with E-state index in [-0.39, 0.29) is 0 Å². The molecule has 5 nitrogen and oxygen atoms in total. The first-order valence-corrected chi connectivity index (χ1v) is 7.48. The van der Waals surface area contributed by atoms with Crippen molar-refractivity contribution in [1.82, 2.24) is 20.1 Å². The van der Waals surface area contributed by atoms with Crippen molar-refractivity contribution in [1.29, 1.82) is 0 Å². The molecule has 21 heavy (non-hydrogen) atoms. The number of nitrogens with one attached hydrogen (secondary N) is 1. The Morgan fingerprint density at radius 3 is 3.05 bits per heavy atom. The van der Waals surface area contributed by atoms with E-state index in [1.54, 1.807) is 18.1 Å². The molecule has 1 atom stereocenters. The van der Waals surface area contributed by atoms with Crippen LogP contribution in [0.5, 0.6) is 5.75 Å². The van der Waals surface area contributed by atoms with E-state index in [9.17, 15) is 0 Å². The molecule has 0 saturated carbocycles. The molecule has 0 saturated heterocycles. The molecule has 0 spiro atoms. The molecule has 0 fully saturated rings. The summed E-state index contributed by atoms with van der Waals surface area (Å²) in [6, 6.07) is 6.96. The number of methoxy groups -OCH3 is 1. The fourth-order valence-electron chi connectivity index (χ4n) is 2.92. The van der Waals surface area contributed by atoms with Crippen LogP contribution in [0.2, 0.25) is 0 Å². The Kier molecular flexibility index (Phi) is 4.20. The lowest BCUT2D eigenvalue weighted by Crippen LogP contribution is -2.35. The van der Waals surface area contributed by atoms with E-state index < -0.39 is 0 Å². The summed E-state index contributed by atoms with van der Waals surface area (Å²) in [6.45, 7) is 0.925. The quantitative estimate of drug-likeness (QED) is 0.905. The molecular weight excluding hydrogens is 264 g/mol. The molecular formula is C16H22N4O. The standard InChI is InChI=1S/C16H22N4O/c1-20-11-18-16(19-20)7-8-17-14-5-3-12-4-6-15(21-2)10-13(12)9-14/h4,6,10-11,14,17H,3,5,7-9H2,1-2H3. The van der Waals surface area contributed by atoms with Gasteiger partial charge in [0.15, 0.2) is 5.82 Å². The number of fused-ring (bicyclic) bond motifs is 1. The van der Waals surface area contributed by atoms with Crippen molar-refractivity contribution in [3.05, 3.63) is 41.5 Å². The normalized spacial score (nSPS) is 17.5. The van der Waals surface area contributed by atoms with Crippen molar-refractivity contribution in [3.8, 4) is 5.75 Å². The predicted molar refractivity (Wildman–Crippen MR) is 81.5 cm³/mol. The van der Waals surface area contributed by atoms with Gasteiger partial charge in [-0.25, -0.2) is 4.98 Å². The molecule has 1 N–H and O–H groups in total. The number of ether oxygens (including phenoxy) is 1. The van der Waals surface area contributed by atoms with E-state index in [4.69, 9.17) is 4.74 Å². The maximum atomic E-state index is 5.32. The van der Waals surface area contributed by atoms with Gasteiger partial charge in [-0.2, -0.15) is 5.10 Å². The summed E-state index contributed by atoms with van der Waals surface area (Å²) >= 11 is 0. The van der Waals surface area contributed by atoms with Gasteiger partial charge in [-0.15, -0.1) is 0 Å². The minimum absolute atomic E-state index is 0.535. The Morgan fingerprint density at radius 1 is 1.38 bits per heavy atom. The lowest BCUT2D eigenvalue weighted by molar-refractivity contribution is 0.411. The summed E-state index contributed by atoms with van der Waals surface area (Å²) in [5, 5.41) is 7.93. The van der Waals surface area contributed by atoms with Crippen LogP contribution in [0.25, 0.3) is 0 Å². The Bertz CT molecular complexity index is 608. The first-order chi connectivity index (χ1) is 10.2. The molecule has 0 bridgehead atoms. The molecule has 1 aliphatic rings. The fraction of sp³-hybridized carbons (Fsp3) is 0.500. The van der Waals surface area contributed by atoms with E-state index in [2.05, 4.69) is 33.6 Å². The van der Waals surface area contributed by atoms with Crippen molar-refractivity contribution in [2.75, 3.05) is 13.7 Å². The molecule has 3 rings (SSSR count).